The molecule has 0 aliphatic carbocycles. The topological polar surface area (TPSA) is 69.0 Å². The first-order valence-corrected chi connectivity index (χ1v) is 8.29. The third-order valence-electron chi connectivity index (χ3n) is 2.77. The van der Waals surface area contributed by atoms with E-state index in [0.29, 0.717) is 26.8 Å². The van der Waals surface area contributed by atoms with Crippen LogP contribution in [-0.4, -0.2) is 33.1 Å². The fourth-order valence-corrected chi connectivity index (χ4v) is 2.56. The zero-order valence-corrected chi connectivity index (χ0v) is 14.5. The Kier molecular flexibility index (Phi) is 5.55. The highest BCUT2D eigenvalue weighted by atomic mass is 35.5. The minimum absolute atomic E-state index is 0.343. The summed E-state index contributed by atoms with van der Waals surface area (Å²) < 4.78 is 7.07. The molecule has 1 heterocycles. The lowest BCUT2D eigenvalue weighted by Crippen LogP contribution is -2.35. The van der Waals surface area contributed by atoms with E-state index in [1.54, 1.807) is 32.0 Å². The van der Waals surface area contributed by atoms with Crippen molar-refractivity contribution in [1.82, 2.24) is 14.9 Å². The lowest BCUT2D eigenvalue weighted by Gasteiger charge is -2.17. The van der Waals surface area contributed by atoms with Crippen LogP contribution >= 0.6 is 35.0 Å². The van der Waals surface area contributed by atoms with Crippen LogP contribution in [0.15, 0.2) is 23.4 Å². The molecule has 1 aromatic heterocycles. The number of carbonyl (C=O) groups excluding carboxylic acids is 1. The van der Waals surface area contributed by atoms with Crippen LogP contribution in [0.1, 0.15) is 12.7 Å². The van der Waals surface area contributed by atoms with E-state index in [1.807, 2.05) is 6.26 Å². The van der Waals surface area contributed by atoms with Crippen molar-refractivity contribution in [2.24, 2.45) is 0 Å². The molecule has 1 atom stereocenters. The van der Waals surface area contributed by atoms with E-state index in [0.717, 1.165) is 0 Å². The van der Waals surface area contributed by atoms with E-state index < -0.39 is 6.10 Å². The van der Waals surface area contributed by atoms with Gasteiger partial charge in [-0.3, -0.25) is 10.2 Å². The molecule has 0 aliphatic rings. The van der Waals surface area contributed by atoms with Crippen LogP contribution in [0.3, 0.4) is 0 Å². The molecule has 1 amide bonds. The zero-order valence-electron chi connectivity index (χ0n) is 12.1. The number of amides is 1. The van der Waals surface area contributed by atoms with Gasteiger partial charge in [0.15, 0.2) is 6.10 Å². The van der Waals surface area contributed by atoms with Gasteiger partial charge in [-0.05, 0) is 38.3 Å². The van der Waals surface area contributed by atoms with Crippen LogP contribution in [0.4, 0.5) is 0 Å². The number of ether oxygens (including phenoxy) is 1. The van der Waals surface area contributed by atoms with E-state index in [1.165, 1.54) is 16.4 Å². The molecule has 0 aliphatic heterocycles. The first-order valence-electron chi connectivity index (χ1n) is 6.31. The summed E-state index contributed by atoms with van der Waals surface area (Å²) in [5.74, 6) is 0.623. The number of halogens is 2. The van der Waals surface area contributed by atoms with E-state index in [4.69, 9.17) is 27.9 Å². The zero-order chi connectivity index (χ0) is 16.3. The molecule has 0 bridgehead atoms. The molecule has 0 fully saturated rings. The Bertz CT molecular complexity index is 693. The first-order chi connectivity index (χ1) is 10.4. The number of thioether (sulfide) groups is 1. The van der Waals surface area contributed by atoms with Crippen LogP contribution in [0.2, 0.25) is 10.0 Å². The molecule has 0 saturated heterocycles. The van der Waals surface area contributed by atoms with Gasteiger partial charge >= 0.3 is 0 Å². The van der Waals surface area contributed by atoms with Crippen LogP contribution in [-0.2, 0) is 4.79 Å². The molecule has 2 rings (SSSR count). The molecule has 118 valence electrons. The summed E-state index contributed by atoms with van der Waals surface area (Å²) in [6.45, 7) is 3.37. The van der Waals surface area contributed by atoms with Crippen molar-refractivity contribution in [1.29, 1.82) is 0 Å². The van der Waals surface area contributed by atoms with Gasteiger partial charge < -0.3 is 4.74 Å². The molecule has 0 radical (unpaired) electrons. The van der Waals surface area contributed by atoms with Crippen molar-refractivity contribution in [3.63, 3.8) is 0 Å². The van der Waals surface area contributed by atoms with Gasteiger partial charge in [0, 0.05) is 5.02 Å². The fraction of sp³-hybridized carbons (Fsp3) is 0.308. The third-order valence-corrected chi connectivity index (χ3v) is 3.93. The van der Waals surface area contributed by atoms with Gasteiger partial charge in [0.25, 0.3) is 5.91 Å². The maximum absolute atomic E-state index is 12.2. The maximum atomic E-state index is 12.2. The second-order valence-corrected chi connectivity index (χ2v) is 6.00. The summed E-state index contributed by atoms with van der Waals surface area (Å²) in [6.07, 6.45) is 1.09. The minimum Gasteiger partial charge on any atom is -0.479 e. The Morgan fingerprint density at radius 2 is 2.14 bits per heavy atom. The van der Waals surface area contributed by atoms with Gasteiger partial charge in [0.05, 0.1) is 5.02 Å². The molecule has 0 unspecified atom stereocenters. The number of aromatic nitrogens is 3. The van der Waals surface area contributed by atoms with Gasteiger partial charge in [-0.1, -0.05) is 35.0 Å². The first kappa shape index (κ1) is 16.9. The summed E-state index contributed by atoms with van der Waals surface area (Å²) in [7, 11) is 0. The van der Waals surface area contributed by atoms with E-state index in [2.05, 4.69) is 15.6 Å². The molecule has 0 spiro atoms. The van der Waals surface area contributed by atoms with Crippen LogP contribution < -0.4 is 10.2 Å². The lowest BCUT2D eigenvalue weighted by molar-refractivity contribution is -0.123. The van der Waals surface area contributed by atoms with Gasteiger partial charge in [-0.25, -0.2) is 4.68 Å². The minimum atomic E-state index is -0.754. The standard InChI is InChI=1S/C13H14Cl2N4O2S/c1-7(21-11-5-4-9(14)6-10(11)15)12(20)18-19-8(2)16-17-13(19)22-3/h4-7H,1-3H3,(H,18,20)/t7-/m1/s1. The third kappa shape index (κ3) is 3.85. The molecule has 0 saturated carbocycles. The maximum Gasteiger partial charge on any atom is 0.279 e. The van der Waals surface area contributed by atoms with Crippen LogP contribution in [0, 0.1) is 6.92 Å². The molecule has 9 heteroatoms. The largest absolute Gasteiger partial charge is 0.479 e. The SMILES string of the molecule is CSc1nnc(C)n1NC(=O)[C@@H](C)Oc1ccc(Cl)cc1Cl. The van der Waals surface area contributed by atoms with Crippen LogP contribution in [0.5, 0.6) is 5.75 Å². The molecule has 1 aromatic carbocycles. The quantitative estimate of drug-likeness (QED) is 0.829. The predicted octanol–water partition coefficient (Wildman–Crippen LogP) is 3.15. The van der Waals surface area contributed by atoms with Gasteiger partial charge in [-0.2, -0.15) is 0 Å². The van der Waals surface area contributed by atoms with Crippen molar-refractivity contribution >= 4 is 40.9 Å². The average Bonchev–Trinajstić information content (AvgIpc) is 2.82. The number of nitrogens with zero attached hydrogens (tertiary/aromatic N) is 3. The van der Waals surface area contributed by atoms with Gasteiger partial charge in [0.2, 0.25) is 5.16 Å². The van der Waals surface area contributed by atoms with E-state index >= 15 is 0 Å². The number of nitrogens with one attached hydrogen (secondary N) is 1. The summed E-state index contributed by atoms with van der Waals surface area (Å²) in [4.78, 5) is 12.2. The van der Waals surface area contributed by atoms with Crippen molar-refractivity contribution in [2.75, 3.05) is 11.7 Å². The lowest BCUT2D eigenvalue weighted by atomic mass is 10.3. The number of carbonyl (C=O) groups is 1. The van der Waals surface area contributed by atoms with Crippen LogP contribution in [0.25, 0.3) is 0 Å². The fourth-order valence-electron chi connectivity index (χ4n) is 1.62. The number of rotatable bonds is 5. The Morgan fingerprint density at radius 3 is 2.77 bits per heavy atom. The Labute approximate surface area is 142 Å². The Hall–Kier alpha value is -1.44. The molecule has 6 nitrogen and oxygen atoms in total. The summed E-state index contributed by atoms with van der Waals surface area (Å²) in [5, 5.41) is 9.28. The smallest absolute Gasteiger partial charge is 0.279 e. The van der Waals surface area contributed by atoms with Gasteiger partial charge in [-0.15, -0.1) is 10.2 Å². The second-order valence-electron chi connectivity index (χ2n) is 4.38. The van der Waals surface area contributed by atoms with Crippen molar-refractivity contribution in [3.8, 4) is 5.75 Å². The van der Waals surface area contributed by atoms with Crippen molar-refractivity contribution in [2.45, 2.75) is 25.1 Å². The molecule has 2 aromatic rings. The highest BCUT2D eigenvalue weighted by molar-refractivity contribution is 7.98. The highest BCUT2D eigenvalue weighted by Gasteiger charge is 2.19. The van der Waals surface area contributed by atoms with Gasteiger partial charge in [0.1, 0.15) is 11.6 Å². The summed E-state index contributed by atoms with van der Waals surface area (Å²) >= 11 is 13.2. The molecular weight excluding hydrogens is 347 g/mol. The highest BCUT2D eigenvalue weighted by Crippen LogP contribution is 2.28. The summed E-state index contributed by atoms with van der Waals surface area (Å²) in [5.41, 5.74) is 2.70. The summed E-state index contributed by atoms with van der Waals surface area (Å²) in [6, 6.07) is 4.81. The number of benzene rings is 1. The van der Waals surface area contributed by atoms with Crippen molar-refractivity contribution < 1.29 is 9.53 Å². The number of aryl methyl sites for hydroxylation is 1. The number of hydrogen-bond donors (Lipinski definition) is 1. The normalized spacial score (nSPS) is 12.0. The van der Waals surface area contributed by atoms with E-state index in [9.17, 15) is 4.79 Å². The predicted molar refractivity (Wildman–Crippen MR) is 87.5 cm³/mol. The number of hydrogen-bond acceptors (Lipinski definition) is 5. The molecular formula is C13H14Cl2N4O2S. The second kappa shape index (κ2) is 7.21. The van der Waals surface area contributed by atoms with E-state index in [-0.39, 0.29) is 5.91 Å². The van der Waals surface area contributed by atoms with Crippen molar-refractivity contribution in [3.05, 3.63) is 34.1 Å². The average molecular weight is 361 g/mol. The monoisotopic (exact) mass is 360 g/mol. The molecule has 22 heavy (non-hydrogen) atoms. The Morgan fingerprint density at radius 1 is 1.41 bits per heavy atom. The molecule has 1 N–H and O–H groups in total. The Balaban J connectivity index is 2.07.